The zero-order valence-electron chi connectivity index (χ0n) is 10.5. The van der Waals surface area contributed by atoms with Crippen molar-refractivity contribution in [3.63, 3.8) is 0 Å². The van der Waals surface area contributed by atoms with E-state index in [0.29, 0.717) is 0 Å². The molecule has 0 aliphatic heterocycles. The van der Waals surface area contributed by atoms with Crippen molar-refractivity contribution in [3.8, 4) is 0 Å². The number of allylic oxidation sites excluding steroid dienone is 6. The summed E-state index contributed by atoms with van der Waals surface area (Å²) in [5.74, 6) is 0. The van der Waals surface area contributed by atoms with Crippen molar-refractivity contribution < 1.29 is 0 Å². The highest BCUT2D eigenvalue weighted by molar-refractivity contribution is 5.09. The second-order valence-electron chi connectivity index (χ2n) is 4.77. The molecular formula is C15H24. The number of rotatable bonds is 0. The fourth-order valence-corrected chi connectivity index (χ4v) is 1.91. The van der Waals surface area contributed by atoms with Crippen molar-refractivity contribution in [2.75, 3.05) is 0 Å². The van der Waals surface area contributed by atoms with Crippen molar-refractivity contribution in [1.82, 2.24) is 0 Å². The zero-order chi connectivity index (χ0) is 11.1. The van der Waals surface area contributed by atoms with E-state index in [1.54, 1.807) is 16.7 Å². The lowest BCUT2D eigenvalue weighted by Crippen LogP contribution is -1.85. The number of hydrogen-bond donors (Lipinski definition) is 0. The van der Waals surface area contributed by atoms with Gasteiger partial charge in [0.2, 0.25) is 0 Å². The van der Waals surface area contributed by atoms with E-state index in [1.165, 1.54) is 38.5 Å². The first kappa shape index (κ1) is 12.3. The van der Waals surface area contributed by atoms with Crippen molar-refractivity contribution in [2.24, 2.45) is 0 Å². The van der Waals surface area contributed by atoms with E-state index in [-0.39, 0.29) is 0 Å². The van der Waals surface area contributed by atoms with Gasteiger partial charge in [0.05, 0.1) is 0 Å². The highest BCUT2D eigenvalue weighted by Crippen LogP contribution is 2.16. The summed E-state index contributed by atoms with van der Waals surface area (Å²) < 4.78 is 0. The predicted molar refractivity (Wildman–Crippen MR) is 69.0 cm³/mol. The second-order valence-corrected chi connectivity index (χ2v) is 4.77. The van der Waals surface area contributed by atoms with Crippen LogP contribution in [-0.2, 0) is 0 Å². The first-order chi connectivity index (χ1) is 7.18. The van der Waals surface area contributed by atoms with Crippen LogP contribution in [-0.4, -0.2) is 0 Å². The lowest BCUT2D eigenvalue weighted by atomic mass is 10.0. The Morgan fingerprint density at radius 3 is 1.53 bits per heavy atom. The van der Waals surface area contributed by atoms with Crippen LogP contribution >= 0.6 is 0 Å². The smallest absolute Gasteiger partial charge is 0.0286 e. The maximum atomic E-state index is 2.41. The second kappa shape index (κ2) is 6.66. The molecule has 0 aromatic carbocycles. The molecule has 0 N–H and O–H groups in total. The molecule has 1 rings (SSSR count). The topological polar surface area (TPSA) is 0 Å². The van der Waals surface area contributed by atoms with Gasteiger partial charge in [-0.15, -0.1) is 0 Å². The Bertz CT molecular complexity index is 276. The summed E-state index contributed by atoms with van der Waals surface area (Å²) in [7, 11) is 0. The van der Waals surface area contributed by atoms with Crippen LogP contribution in [0.15, 0.2) is 34.9 Å². The van der Waals surface area contributed by atoms with Crippen LogP contribution in [0.25, 0.3) is 0 Å². The molecule has 0 heterocycles. The SMILES string of the molecule is C/C1=C\CC/C=C(\C)CC/C(C)=C/CC1. The maximum absolute atomic E-state index is 2.41. The molecule has 0 aromatic heterocycles. The Kier molecular flexibility index (Phi) is 5.45. The fourth-order valence-electron chi connectivity index (χ4n) is 1.91. The predicted octanol–water partition coefficient (Wildman–Crippen LogP) is 5.18. The molecule has 0 nitrogen and oxygen atoms in total. The van der Waals surface area contributed by atoms with Crippen LogP contribution in [0.2, 0.25) is 0 Å². The van der Waals surface area contributed by atoms with E-state index < -0.39 is 0 Å². The minimum Gasteiger partial charge on any atom is -0.0853 e. The summed E-state index contributed by atoms with van der Waals surface area (Å²) >= 11 is 0. The van der Waals surface area contributed by atoms with E-state index in [2.05, 4.69) is 39.0 Å². The van der Waals surface area contributed by atoms with Gasteiger partial charge in [-0.05, 0) is 59.3 Å². The molecule has 0 atom stereocenters. The lowest BCUT2D eigenvalue weighted by molar-refractivity contribution is 0.868. The molecule has 0 unspecified atom stereocenters. The highest BCUT2D eigenvalue weighted by Gasteiger charge is 1.96. The van der Waals surface area contributed by atoms with Gasteiger partial charge in [-0.3, -0.25) is 0 Å². The molecule has 0 heteroatoms. The Morgan fingerprint density at radius 1 is 0.600 bits per heavy atom. The van der Waals surface area contributed by atoms with Crippen molar-refractivity contribution in [2.45, 2.75) is 59.3 Å². The van der Waals surface area contributed by atoms with Gasteiger partial charge in [-0.25, -0.2) is 0 Å². The van der Waals surface area contributed by atoms with E-state index in [9.17, 15) is 0 Å². The fraction of sp³-hybridized carbons (Fsp3) is 0.600. The molecule has 84 valence electrons. The zero-order valence-corrected chi connectivity index (χ0v) is 10.5. The average Bonchev–Trinajstić information content (AvgIpc) is 2.20. The largest absolute Gasteiger partial charge is 0.0853 e. The van der Waals surface area contributed by atoms with E-state index >= 15 is 0 Å². The Balaban J connectivity index is 2.62. The van der Waals surface area contributed by atoms with Crippen LogP contribution in [0.4, 0.5) is 0 Å². The van der Waals surface area contributed by atoms with E-state index in [4.69, 9.17) is 0 Å². The molecule has 1 aliphatic rings. The molecule has 0 aromatic rings. The van der Waals surface area contributed by atoms with Gasteiger partial charge in [-0.2, -0.15) is 0 Å². The van der Waals surface area contributed by atoms with Gasteiger partial charge in [0, 0.05) is 0 Å². The summed E-state index contributed by atoms with van der Waals surface area (Å²) in [6, 6.07) is 0. The first-order valence-corrected chi connectivity index (χ1v) is 6.15. The van der Waals surface area contributed by atoms with Crippen LogP contribution in [0.3, 0.4) is 0 Å². The Labute approximate surface area is 94.8 Å². The van der Waals surface area contributed by atoms with Gasteiger partial charge in [0.1, 0.15) is 0 Å². The summed E-state index contributed by atoms with van der Waals surface area (Å²) in [5, 5.41) is 0. The quantitative estimate of drug-likeness (QED) is 0.477. The first-order valence-electron chi connectivity index (χ1n) is 6.15. The van der Waals surface area contributed by atoms with Gasteiger partial charge < -0.3 is 0 Å². The Morgan fingerprint density at radius 2 is 1.00 bits per heavy atom. The summed E-state index contributed by atoms with van der Waals surface area (Å²) in [6.45, 7) is 6.78. The molecule has 0 bridgehead atoms. The molecule has 0 amide bonds. The third kappa shape index (κ3) is 5.61. The Hall–Kier alpha value is -0.780. The highest BCUT2D eigenvalue weighted by atomic mass is 14.0. The van der Waals surface area contributed by atoms with Crippen molar-refractivity contribution >= 4 is 0 Å². The molecule has 0 fully saturated rings. The standard InChI is InChI=1S/C15H24/c1-13-7-4-5-8-14(2)11-12-15(3)10-6-9-13/h7-8,10H,4-6,9,11-12H2,1-3H3/b13-7+,14-8+,15-10+. The molecular weight excluding hydrogens is 180 g/mol. The van der Waals surface area contributed by atoms with Gasteiger partial charge in [0.25, 0.3) is 0 Å². The summed E-state index contributed by atoms with van der Waals surface area (Å²) in [4.78, 5) is 0. The van der Waals surface area contributed by atoms with Crippen molar-refractivity contribution in [1.29, 1.82) is 0 Å². The molecule has 15 heavy (non-hydrogen) atoms. The van der Waals surface area contributed by atoms with Gasteiger partial charge in [-0.1, -0.05) is 34.9 Å². The third-order valence-electron chi connectivity index (χ3n) is 3.10. The third-order valence-corrected chi connectivity index (χ3v) is 3.10. The minimum atomic E-state index is 1.21. The monoisotopic (exact) mass is 204 g/mol. The van der Waals surface area contributed by atoms with Gasteiger partial charge >= 0.3 is 0 Å². The minimum absolute atomic E-state index is 1.21. The van der Waals surface area contributed by atoms with Gasteiger partial charge in [0.15, 0.2) is 0 Å². The molecule has 0 saturated carbocycles. The maximum Gasteiger partial charge on any atom is -0.0286 e. The average molecular weight is 204 g/mol. The normalized spacial score (nSPS) is 31.0. The van der Waals surface area contributed by atoms with Crippen molar-refractivity contribution in [3.05, 3.63) is 34.9 Å². The van der Waals surface area contributed by atoms with Crippen LogP contribution in [0, 0.1) is 0 Å². The van der Waals surface area contributed by atoms with Crippen LogP contribution in [0.5, 0.6) is 0 Å². The van der Waals surface area contributed by atoms with E-state index in [0.717, 1.165) is 0 Å². The van der Waals surface area contributed by atoms with Crippen LogP contribution < -0.4 is 0 Å². The molecule has 0 radical (unpaired) electrons. The molecule has 1 aliphatic carbocycles. The molecule has 0 saturated heterocycles. The summed E-state index contributed by atoms with van der Waals surface area (Å²) in [6.07, 6.45) is 14.6. The lowest BCUT2D eigenvalue weighted by Gasteiger charge is -2.05. The summed E-state index contributed by atoms with van der Waals surface area (Å²) in [5.41, 5.74) is 4.65. The number of hydrogen-bond acceptors (Lipinski definition) is 0. The molecule has 0 spiro atoms. The van der Waals surface area contributed by atoms with E-state index in [1.807, 2.05) is 0 Å². The van der Waals surface area contributed by atoms with Crippen LogP contribution in [0.1, 0.15) is 59.3 Å².